The fourth-order valence-electron chi connectivity index (χ4n) is 3.51. The van der Waals surface area contributed by atoms with Gasteiger partial charge < -0.3 is 5.32 Å². The van der Waals surface area contributed by atoms with Crippen molar-refractivity contribution in [3.05, 3.63) is 34.9 Å². The van der Waals surface area contributed by atoms with Gasteiger partial charge in [-0.3, -0.25) is 0 Å². The van der Waals surface area contributed by atoms with Crippen LogP contribution in [0.15, 0.2) is 18.2 Å². The van der Waals surface area contributed by atoms with Crippen molar-refractivity contribution < 1.29 is 0 Å². The lowest BCUT2D eigenvalue weighted by Crippen LogP contribution is -2.30. The van der Waals surface area contributed by atoms with Crippen molar-refractivity contribution in [3.63, 3.8) is 0 Å². The van der Waals surface area contributed by atoms with Gasteiger partial charge in [-0.05, 0) is 74.7 Å². The van der Waals surface area contributed by atoms with E-state index in [-0.39, 0.29) is 0 Å². The number of hydrogen-bond acceptors (Lipinski definition) is 1. The summed E-state index contributed by atoms with van der Waals surface area (Å²) in [5.41, 5.74) is 4.55. The van der Waals surface area contributed by atoms with Crippen molar-refractivity contribution in [3.8, 4) is 0 Å². The quantitative estimate of drug-likeness (QED) is 0.847. The Labute approximate surface area is 112 Å². The molecular weight excluding hydrogens is 218 g/mol. The molecule has 3 atom stereocenters. The molecule has 0 aromatic heterocycles. The van der Waals surface area contributed by atoms with Gasteiger partial charge in [-0.25, -0.2) is 0 Å². The van der Waals surface area contributed by atoms with E-state index in [0.717, 1.165) is 24.3 Å². The van der Waals surface area contributed by atoms with E-state index in [2.05, 4.69) is 51.3 Å². The summed E-state index contributed by atoms with van der Waals surface area (Å²) < 4.78 is 0. The van der Waals surface area contributed by atoms with Gasteiger partial charge in [0.15, 0.2) is 0 Å². The van der Waals surface area contributed by atoms with Crippen molar-refractivity contribution in [1.29, 1.82) is 0 Å². The van der Waals surface area contributed by atoms with Gasteiger partial charge in [0.05, 0.1) is 0 Å². The molecule has 1 heteroatoms. The van der Waals surface area contributed by atoms with Crippen molar-refractivity contribution in [2.24, 2.45) is 11.8 Å². The van der Waals surface area contributed by atoms with Crippen molar-refractivity contribution in [2.45, 2.75) is 46.0 Å². The fraction of sp³-hybridized carbons (Fsp3) is 0.647. The lowest BCUT2D eigenvalue weighted by Gasteiger charge is -2.36. The molecular formula is C17H27N. The largest absolute Gasteiger partial charge is 0.319 e. The molecule has 1 aromatic carbocycles. The molecule has 1 aromatic rings. The van der Waals surface area contributed by atoms with Crippen LogP contribution in [0.2, 0.25) is 0 Å². The standard InChI is InChI=1S/C17H27N/c1-12-8-9-15(11-18-4)17(10-12)16-7-5-6-13(2)14(16)3/h5-7,12,15,17-18H,8-11H2,1-4H3. The normalized spacial score (nSPS) is 28.3. The minimum absolute atomic E-state index is 0.751. The molecule has 0 aliphatic heterocycles. The van der Waals surface area contributed by atoms with Crippen LogP contribution in [0.5, 0.6) is 0 Å². The molecule has 0 bridgehead atoms. The molecule has 0 radical (unpaired) electrons. The van der Waals surface area contributed by atoms with E-state index in [1.807, 2.05) is 0 Å². The average Bonchev–Trinajstić information content (AvgIpc) is 2.35. The van der Waals surface area contributed by atoms with E-state index >= 15 is 0 Å². The van der Waals surface area contributed by atoms with E-state index in [4.69, 9.17) is 0 Å². The number of nitrogens with one attached hydrogen (secondary N) is 1. The van der Waals surface area contributed by atoms with Crippen molar-refractivity contribution >= 4 is 0 Å². The van der Waals surface area contributed by atoms with Crippen molar-refractivity contribution in [2.75, 3.05) is 13.6 Å². The molecule has 1 fully saturated rings. The third-order valence-corrected chi connectivity index (χ3v) is 4.77. The summed E-state index contributed by atoms with van der Waals surface area (Å²) in [5.74, 6) is 2.44. The second kappa shape index (κ2) is 5.88. The van der Waals surface area contributed by atoms with Gasteiger partial charge in [-0.2, -0.15) is 0 Å². The molecule has 0 amide bonds. The highest BCUT2D eigenvalue weighted by atomic mass is 14.8. The van der Waals surface area contributed by atoms with Crippen LogP contribution in [0.25, 0.3) is 0 Å². The van der Waals surface area contributed by atoms with E-state index in [1.54, 1.807) is 5.56 Å². The molecule has 18 heavy (non-hydrogen) atoms. The summed E-state index contributed by atoms with van der Waals surface area (Å²) >= 11 is 0. The zero-order valence-electron chi connectivity index (χ0n) is 12.3. The molecule has 0 heterocycles. The zero-order chi connectivity index (χ0) is 13.1. The monoisotopic (exact) mass is 245 g/mol. The van der Waals surface area contributed by atoms with E-state index < -0.39 is 0 Å². The van der Waals surface area contributed by atoms with Crippen LogP contribution in [0, 0.1) is 25.7 Å². The zero-order valence-corrected chi connectivity index (χ0v) is 12.3. The topological polar surface area (TPSA) is 12.0 Å². The smallest absolute Gasteiger partial charge is 0.00177 e. The minimum atomic E-state index is 0.751. The Balaban J connectivity index is 2.29. The molecule has 100 valence electrons. The fourth-order valence-corrected chi connectivity index (χ4v) is 3.51. The number of aryl methyl sites for hydroxylation is 1. The lowest BCUT2D eigenvalue weighted by atomic mass is 9.70. The molecule has 2 rings (SSSR count). The summed E-state index contributed by atoms with van der Waals surface area (Å²) in [6, 6.07) is 6.82. The van der Waals surface area contributed by atoms with E-state index in [0.29, 0.717) is 0 Å². The Hall–Kier alpha value is -0.820. The number of hydrogen-bond donors (Lipinski definition) is 1. The van der Waals surface area contributed by atoms with E-state index in [9.17, 15) is 0 Å². The third-order valence-electron chi connectivity index (χ3n) is 4.77. The van der Waals surface area contributed by atoms with Gasteiger partial charge in [0, 0.05) is 0 Å². The van der Waals surface area contributed by atoms with Crippen LogP contribution >= 0.6 is 0 Å². The van der Waals surface area contributed by atoms with Gasteiger partial charge in [-0.15, -0.1) is 0 Å². The van der Waals surface area contributed by atoms with Gasteiger partial charge in [0.1, 0.15) is 0 Å². The van der Waals surface area contributed by atoms with Gasteiger partial charge >= 0.3 is 0 Å². The van der Waals surface area contributed by atoms with Crippen LogP contribution in [-0.2, 0) is 0 Å². The summed E-state index contributed by atoms with van der Waals surface area (Å²) in [4.78, 5) is 0. The SMILES string of the molecule is CNCC1CCC(C)CC1c1cccc(C)c1C. The highest BCUT2D eigenvalue weighted by Gasteiger charge is 2.30. The molecule has 0 spiro atoms. The maximum absolute atomic E-state index is 3.39. The highest BCUT2D eigenvalue weighted by molar-refractivity contribution is 5.36. The molecule has 1 saturated carbocycles. The first-order valence-corrected chi connectivity index (χ1v) is 7.34. The van der Waals surface area contributed by atoms with Crippen LogP contribution in [0.1, 0.15) is 48.8 Å². The minimum Gasteiger partial charge on any atom is -0.319 e. The Morgan fingerprint density at radius 1 is 1.22 bits per heavy atom. The second-order valence-corrected chi connectivity index (χ2v) is 6.13. The first kappa shape index (κ1) is 13.6. The second-order valence-electron chi connectivity index (χ2n) is 6.13. The molecule has 1 N–H and O–H groups in total. The van der Waals surface area contributed by atoms with Crippen LogP contribution in [-0.4, -0.2) is 13.6 Å². The molecule has 1 aliphatic carbocycles. The summed E-state index contributed by atoms with van der Waals surface area (Å²) in [5, 5.41) is 3.39. The first-order valence-electron chi connectivity index (χ1n) is 7.34. The Morgan fingerprint density at radius 3 is 2.72 bits per heavy atom. The average molecular weight is 245 g/mol. The summed E-state index contributed by atoms with van der Waals surface area (Å²) in [7, 11) is 2.08. The molecule has 3 unspecified atom stereocenters. The molecule has 1 aliphatic rings. The lowest BCUT2D eigenvalue weighted by molar-refractivity contribution is 0.244. The molecule has 1 nitrogen and oxygen atoms in total. The Kier molecular flexibility index (Phi) is 4.45. The maximum Gasteiger partial charge on any atom is -0.00177 e. The predicted octanol–water partition coefficient (Wildman–Crippen LogP) is 4.04. The highest BCUT2D eigenvalue weighted by Crippen LogP contribution is 2.41. The van der Waals surface area contributed by atoms with E-state index in [1.165, 1.54) is 30.4 Å². The third kappa shape index (κ3) is 2.77. The van der Waals surface area contributed by atoms with Crippen LogP contribution in [0.4, 0.5) is 0 Å². The Bertz CT molecular complexity index is 397. The summed E-state index contributed by atoms with van der Waals surface area (Å²) in [6.07, 6.45) is 4.13. The van der Waals surface area contributed by atoms with Gasteiger partial charge in [0.25, 0.3) is 0 Å². The number of rotatable bonds is 3. The summed E-state index contributed by atoms with van der Waals surface area (Å²) in [6.45, 7) is 8.09. The number of benzene rings is 1. The maximum atomic E-state index is 3.39. The van der Waals surface area contributed by atoms with Gasteiger partial charge in [-0.1, -0.05) is 31.5 Å². The van der Waals surface area contributed by atoms with Crippen LogP contribution < -0.4 is 5.32 Å². The molecule has 0 saturated heterocycles. The van der Waals surface area contributed by atoms with Gasteiger partial charge in [0.2, 0.25) is 0 Å². The van der Waals surface area contributed by atoms with Crippen molar-refractivity contribution in [1.82, 2.24) is 5.32 Å². The predicted molar refractivity (Wildman–Crippen MR) is 79.1 cm³/mol. The Morgan fingerprint density at radius 2 is 2.00 bits per heavy atom. The first-order chi connectivity index (χ1) is 8.63. The van der Waals surface area contributed by atoms with Crippen LogP contribution in [0.3, 0.4) is 0 Å².